The standard InChI is InChI=1S/C30H38BrN3OS/c1-30(2,3)23-9-12-25-21(18-23)17-22-19-27(36-29(22)33-25)28(35)32-26(20-7-10-24(31)11-8-20)13-16-34-14-5-4-6-15-34/h7-8,10-11,17,19,23,26H,4-6,9,12-16,18H2,1-3H3,(H,32,35)/t23-,26+/m0/s1. The van der Waals surface area contributed by atoms with E-state index in [0.29, 0.717) is 11.3 Å². The van der Waals surface area contributed by atoms with Gasteiger partial charge in [0.25, 0.3) is 5.91 Å². The molecular weight excluding hydrogens is 530 g/mol. The summed E-state index contributed by atoms with van der Waals surface area (Å²) < 4.78 is 1.06. The van der Waals surface area contributed by atoms with E-state index < -0.39 is 0 Å². The van der Waals surface area contributed by atoms with E-state index in [0.717, 1.165) is 50.9 Å². The van der Waals surface area contributed by atoms with Gasteiger partial charge in [0.15, 0.2) is 0 Å². The molecular formula is C30H38BrN3OS. The number of carbonyl (C=O) groups excluding carboxylic acids is 1. The van der Waals surface area contributed by atoms with Gasteiger partial charge in [-0.1, -0.05) is 55.3 Å². The van der Waals surface area contributed by atoms with E-state index in [2.05, 4.69) is 77.2 Å². The lowest BCUT2D eigenvalue weighted by atomic mass is 9.71. The molecule has 0 unspecified atom stereocenters. The average molecular weight is 569 g/mol. The number of aromatic nitrogens is 1. The van der Waals surface area contributed by atoms with Crippen molar-refractivity contribution in [2.45, 2.75) is 71.8 Å². The van der Waals surface area contributed by atoms with Crippen molar-refractivity contribution in [1.82, 2.24) is 15.2 Å². The summed E-state index contributed by atoms with van der Waals surface area (Å²) in [5.74, 6) is 0.687. The quantitative estimate of drug-likeness (QED) is 0.334. The van der Waals surface area contributed by atoms with E-state index in [9.17, 15) is 4.79 Å². The number of nitrogens with zero attached hydrogens (tertiary/aromatic N) is 2. The Bertz CT molecular complexity index is 1210. The normalized spacial score (nSPS) is 19.7. The van der Waals surface area contributed by atoms with Crippen LogP contribution in [0, 0.1) is 11.3 Å². The van der Waals surface area contributed by atoms with Gasteiger partial charge in [-0.3, -0.25) is 4.79 Å². The number of benzene rings is 1. The van der Waals surface area contributed by atoms with Crippen LogP contribution in [0.3, 0.4) is 0 Å². The van der Waals surface area contributed by atoms with Crippen molar-refractivity contribution in [2.24, 2.45) is 11.3 Å². The molecule has 192 valence electrons. The van der Waals surface area contributed by atoms with Gasteiger partial charge in [0.1, 0.15) is 4.83 Å². The summed E-state index contributed by atoms with van der Waals surface area (Å²) in [5.41, 5.74) is 4.06. The van der Waals surface area contributed by atoms with Gasteiger partial charge < -0.3 is 10.2 Å². The molecule has 1 aliphatic carbocycles. The first-order valence-electron chi connectivity index (χ1n) is 13.5. The second kappa shape index (κ2) is 10.9. The minimum absolute atomic E-state index is 0.00792. The Morgan fingerprint density at radius 2 is 1.92 bits per heavy atom. The Labute approximate surface area is 228 Å². The molecule has 2 atom stereocenters. The van der Waals surface area contributed by atoms with Crippen LogP contribution in [-0.4, -0.2) is 35.4 Å². The summed E-state index contributed by atoms with van der Waals surface area (Å²) in [4.78, 5) is 22.8. The van der Waals surface area contributed by atoms with Crippen molar-refractivity contribution in [3.8, 4) is 0 Å². The van der Waals surface area contributed by atoms with Crippen LogP contribution >= 0.6 is 27.3 Å². The highest BCUT2D eigenvalue weighted by atomic mass is 79.9. The lowest BCUT2D eigenvalue weighted by Gasteiger charge is -2.34. The summed E-state index contributed by atoms with van der Waals surface area (Å²) in [6.45, 7) is 10.4. The van der Waals surface area contributed by atoms with Crippen LogP contribution in [0.4, 0.5) is 0 Å². The van der Waals surface area contributed by atoms with Gasteiger partial charge in [0, 0.05) is 22.1 Å². The summed E-state index contributed by atoms with van der Waals surface area (Å²) in [5, 5.41) is 4.47. The lowest BCUT2D eigenvalue weighted by molar-refractivity contribution is 0.0934. The third-order valence-corrected chi connectivity index (χ3v) is 9.65. The van der Waals surface area contributed by atoms with E-state index in [-0.39, 0.29) is 11.9 Å². The lowest BCUT2D eigenvalue weighted by Crippen LogP contribution is -2.35. The molecule has 1 aromatic carbocycles. The monoisotopic (exact) mass is 567 g/mol. The predicted octanol–water partition coefficient (Wildman–Crippen LogP) is 7.56. The van der Waals surface area contributed by atoms with Crippen molar-refractivity contribution in [2.75, 3.05) is 19.6 Å². The third-order valence-electron chi connectivity index (χ3n) is 8.08. The summed E-state index contributed by atoms with van der Waals surface area (Å²) in [6.07, 6.45) is 8.13. The molecule has 6 heteroatoms. The maximum atomic E-state index is 13.5. The minimum atomic E-state index is -0.00792. The van der Waals surface area contributed by atoms with Gasteiger partial charge in [0.05, 0.1) is 10.9 Å². The van der Waals surface area contributed by atoms with Crippen LogP contribution < -0.4 is 5.32 Å². The second-order valence-corrected chi connectivity index (χ2v) is 13.6. The molecule has 1 amide bonds. The molecule has 1 aliphatic heterocycles. The Morgan fingerprint density at radius 3 is 2.64 bits per heavy atom. The topological polar surface area (TPSA) is 45.2 Å². The molecule has 3 heterocycles. The summed E-state index contributed by atoms with van der Waals surface area (Å²) in [7, 11) is 0. The van der Waals surface area contributed by atoms with Crippen molar-refractivity contribution in [3.05, 3.63) is 62.6 Å². The number of piperidine rings is 1. The largest absolute Gasteiger partial charge is 0.344 e. The molecule has 0 spiro atoms. The number of hydrogen-bond acceptors (Lipinski definition) is 4. The van der Waals surface area contributed by atoms with Gasteiger partial charge in [-0.15, -0.1) is 11.3 Å². The Balaban J connectivity index is 1.34. The van der Waals surface area contributed by atoms with Gasteiger partial charge in [0.2, 0.25) is 0 Å². The van der Waals surface area contributed by atoms with Gasteiger partial charge >= 0.3 is 0 Å². The number of hydrogen-bond donors (Lipinski definition) is 1. The molecule has 1 fully saturated rings. The first kappa shape index (κ1) is 25.9. The number of amides is 1. The molecule has 3 aromatic rings. The molecule has 5 rings (SSSR count). The molecule has 2 aromatic heterocycles. The van der Waals surface area contributed by atoms with Gasteiger partial charge in [-0.05, 0) is 98.3 Å². The van der Waals surface area contributed by atoms with Crippen molar-refractivity contribution in [3.63, 3.8) is 0 Å². The third kappa shape index (κ3) is 6.03. The van der Waals surface area contributed by atoms with Crippen molar-refractivity contribution < 1.29 is 4.79 Å². The molecule has 4 nitrogen and oxygen atoms in total. The SMILES string of the molecule is CC(C)(C)[C@H]1CCc2nc3sc(C(=O)N[C@H](CCN4CCCCC4)c4ccc(Br)cc4)cc3cc2C1. The number of carbonyl (C=O) groups is 1. The predicted molar refractivity (Wildman–Crippen MR) is 154 cm³/mol. The fraction of sp³-hybridized carbons (Fsp3) is 0.533. The number of pyridine rings is 1. The fourth-order valence-electron chi connectivity index (χ4n) is 5.72. The first-order chi connectivity index (χ1) is 17.3. The number of likely N-dealkylation sites (tertiary alicyclic amines) is 1. The first-order valence-corrected chi connectivity index (χ1v) is 15.1. The molecule has 0 bridgehead atoms. The molecule has 1 N–H and O–H groups in total. The number of rotatable bonds is 6. The number of halogens is 1. The summed E-state index contributed by atoms with van der Waals surface area (Å²) >= 11 is 5.07. The van der Waals surface area contributed by atoms with Crippen LogP contribution in [0.25, 0.3) is 10.2 Å². The van der Waals surface area contributed by atoms with Crippen LogP contribution in [0.1, 0.15) is 85.4 Å². The van der Waals surface area contributed by atoms with E-state index >= 15 is 0 Å². The number of thiophene rings is 1. The minimum Gasteiger partial charge on any atom is -0.344 e. The zero-order chi connectivity index (χ0) is 25.3. The Kier molecular flexibility index (Phi) is 7.85. The molecule has 0 saturated carbocycles. The van der Waals surface area contributed by atoms with Gasteiger partial charge in [-0.2, -0.15) is 0 Å². The molecule has 0 radical (unpaired) electrons. The van der Waals surface area contributed by atoms with E-state index in [1.165, 1.54) is 61.4 Å². The Hall–Kier alpha value is -1.76. The highest BCUT2D eigenvalue weighted by molar-refractivity contribution is 9.10. The second-order valence-electron chi connectivity index (χ2n) is 11.7. The zero-order valence-electron chi connectivity index (χ0n) is 21.8. The fourth-order valence-corrected chi connectivity index (χ4v) is 6.92. The maximum Gasteiger partial charge on any atom is 0.261 e. The van der Waals surface area contributed by atoms with Crippen LogP contribution in [-0.2, 0) is 12.8 Å². The molecule has 1 saturated heterocycles. The van der Waals surface area contributed by atoms with Gasteiger partial charge in [-0.25, -0.2) is 4.98 Å². The molecule has 2 aliphatic rings. The van der Waals surface area contributed by atoms with E-state index in [1.807, 2.05) is 6.07 Å². The smallest absolute Gasteiger partial charge is 0.261 e. The number of nitrogens with one attached hydrogen (secondary N) is 1. The molecule has 36 heavy (non-hydrogen) atoms. The highest BCUT2D eigenvalue weighted by Gasteiger charge is 2.30. The van der Waals surface area contributed by atoms with E-state index in [1.54, 1.807) is 0 Å². The average Bonchev–Trinajstić information content (AvgIpc) is 3.28. The zero-order valence-corrected chi connectivity index (χ0v) is 24.2. The van der Waals surface area contributed by atoms with Crippen LogP contribution in [0.5, 0.6) is 0 Å². The maximum absolute atomic E-state index is 13.5. The van der Waals surface area contributed by atoms with E-state index in [4.69, 9.17) is 4.98 Å². The van der Waals surface area contributed by atoms with Crippen LogP contribution in [0.15, 0.2) is 40.9 Å². The van der Waals surface area contributed by atoms with Crippen molar-refractivity contribution in [1.29, 1.82) is 0 Å². The Morgan fingerprint density at radius 1 is 1.17 bits per heavy atom. The van der Waals surface area contributed by atoms with Crippen LogP contribution in [0.2, 0.25) is 0 Å². The summed E-state index contributed by atoms with van der Waals surface area (Å²) in [6, 6.07) is 12.7. The highest BCUT2D eigenvalue weighted by Crippen LogP contribution is 2.38. The number of aryl methyl sites for hydroxylation is 1. The number of fused-ring (bicyclic) bond motifs is 2. The van der Waals surface area contributed by atoms with Crippen molar-refractivity contribution >= 4 is 43.4 Å².